The van der Waals surface area contributed by atoms with Crippen LogP contribution in [0, 0.1) is 5.92 Å². The molecule has 10 heavy (non-hydrogen) atoms. The van der Waals surface area contributed by atoms with Crippen LogP contribution in [0.25, 0.3) is 0 Å². The van der Waals surface area contributed by atoms with Gasteiger partial charge >= 0.3 is 0 Å². The van der Waals surface area contributed by atoms with Crippen LogP contribution in [0.4, 0.5) is 0 Å². The topological polar surface area (TPSA) is 29.4 Å². The van der Waals surface area contributed by atoms with Crippen molar-refractivity contribution in [1.29, 1.82) is 0 Å². The van der Waals surface area contributed by atoms with Gasteiger partial charge in [0.1, 0.15) is 0 Å². The molecule has 2 atom stereocenters. The summed E-state index contributed by atoms with van der Waals surface area (Å²) in [5.41, 5.74) is 0. The lowest BCUT2D eigenvalue weighted by atomic mass is 9.99. The van der Waals surface area contributed by atoms with Crippen molar-refractivity contribution in [3.05, 3.63) is 0 Å². The maximum absolute atomic E-state index is 9.83. The van der Waals surface area contributed by atoms with E-state index < -0.39 is 0 Å². The van der Waals surface area contributed by atoms with Crippen LogP contribution in [0.3, 0.4) is 0 Å². The summed E-state index contributed by atoms with van der Waals surface area (Å²) >= 11 is 0. The fourth-order valence-corrected chi connectivity index (χ4v) is 0.907. The molecule has 2 unspecified atom stereocenters. The Morgan fingerprint density at radius 2 is 2.10 bits per heavy atom. The van der Waals surface area contributed by atoms with Gasteiger partial charge in [0, 0.05) is 0 Å². The minimum Gasteiger partial charge on any atom is -0.211 e. The van der Waals surface area contributed by atoms with E-state index in [1.165, 1.54) is 0 Å². The Bertz CT molecular complexity index is 127. The number of hydrogen-bond acceptors (Lipinski definition) is 2. The zero-order valence-corrected chi connectivity index (χ0v) is 6.92. The lowest BCUT2D eigenvalue weighted by Gasteiger charge is -2.11. The van der Waals surface area contributed by atoms with Gasteiger partial charge in [-0.1, -0.05) is 20.3 Å². The van der Waals surface area contributed by atoms with Gasteiger partial charge in [-0.25, -0.2) is 9.79 Å². The molecule has 0 radical (unpaired) electrons. The van der Waals surface area contributed by atoms with E-state index in [0.717, 1.165) is 12.8 Å². The van der Waals surface area contributed by atoms with Crippen molar-refractivity contribution < 1.29 is 4.79 Å². The Kier molecular flexibility index (Phi) is 4.87. The second kappa shape index (κ2) is 5.19. The average Bonchev–Trinajstić information content (AvgIpc) is 1.89. The van der Waals surface area contributed by atoms with Crippen molar-refractivity contribution in [2.24, 2.45) is 10.9 Å². The Hall–Kier alpha value is -0.620. The summed E-state index contributed by atoms with van der Waals surface area (Å²) in [6, 6.07) is 0.137. The number of nitrogens with zero attached hydrogens (tertiary/aromatic N) is 1. The van der Waals surface area contributed by atoms with E-state index >= 15 is 0 Å². The zero-order valence-electron chi connectivity index (χ0n) is 6.92. The molecule has 0 aliphatic heterocycles. The third kappa shape index (κ3) is 3.41. The molecule has 0 rings (SSSR count). The van der Waals surface area contributed by atoms with Crippen LogP contribution in [0.15, 0.2) is 4.99 Å². The highest BCUT2D eigenvalue weighted by molar-refractivity contribution is 5.33. The van der Waals surface area contributed by atoms with E-state index in [4.69, 9.17) is 0 Å². The van der Waals surface area contributed by atoms with Crippen LogP contribution in [0.1, 0.15) is 33.6 Å². The second-order valence-electron chi connectivity index (χ2n) is 2.73. The molecule has 0 aromatic rings. The molecular formula is C8H15NO. The van der Waals surface area contributed by atoms with Crippen LogP contribution in [-0.4, -0.2) is 12.1 Å². The molecular weight excluding hydrogens is 126 g/mol. The molecule has 0 aromatic heterocycles. The van der Waals surface area contributed by atoms with Gasteiger partial charge in [0.05, 0.1) is 6.04 Å². The highest BCUT2D eigenvalue weighted by Gasteiger charge is 2.08. The molecule has 0 bridgehead atoms. The number of hydrogen-bond donors (Lipinski definition) is 0. The molecule has 0 N–H and O–H groups in total. The first-order valence-corrected chi connectivity index (χ1v) is 3.79. The summed E-state index contributed by atoms with van der Waals surface area (Å²) in [7, 11) is 0. The van der Waals surface area contributed by atoms with E-state index in [2.05, 4.69) is 18.8 Å². The maximum atomic E-state index is 9.83. The van der Waals surface area contributed by atoms with Crippen LogP contribution in [0.2, 0.25) is 0 Å². The summed E-state index contributed by atoms with van der Waals surface area (Å²) in [5.74, 6) is 0.506. The smallest absolute Gasteiger partial charge is 0.211 e. The third-order valence-electron chi connectivity index (χ3n) is 1.82. The first kappa shape index (κ1) is 9.38. The lowest BCUT2D eigenvalue weighted by molar-refractivity contribution is 0.443. The Morgan fingerprint density at radius 3 is 2.50 bits per heavy atom. The minimum atomic E-state index is 0.137. The average molecular weight is 141 g/mol. The quantitative estimate of drug-likeness (QED) is 0.435. The molecule has 0 saturated heterocycles. The van der Waals surface area contributed by atoms with Crippen LogP contribution < -0.4 is 0 Å². The number of rotatable bonds is 4. The molecule has 0 saturated carbocycles. The second-order valence-corrected chi connectivity index (χ2v) is 2.73. The van der Waals surface area contributed by atoms with Gasteiger partial charge in [0.15, 0.2) is 0 Å². The van der Waals surface area contributed by atoms with Gasteiger partial charge < -0.3 is 0 Å². The number of isocyanates is 1. The van der Waals surface area contributed by atoms with Gasteiger partial charge in [0.2, 0.25) is 6.08 Å². The molecule has 0 amide bonds. The number of carbonyl (C=O) groups excluding carboxylic acids is 1. The lowest BCUT2D eigenvalue weighted by Crippen LogP contribution is -2.10. The van der Waals surface area contributed by atoms with Crippen molar-refractivity contribution in [3.8, 4) is 0 Å². The molecule has 2 heteroatoms. The molecule has 0 spiro atoms. The van der Waals surface area contributed by atoms with Crippen molar-refractivity contribution in [2.45, 2.75) is 39.7 Å². The highest BCUT2D eigenvalue weighted by Crippen LogP contribution is 2.12. The molecule has 0 heterocycles. The van der Waals surface area contributed by atoms with Gasteiger partial charge in [-0.15, -0.1) is 0 Å². The molecule has 0 aliphatic carbocycles. The Labute approximate surface area is 62.4 Å². The summed E-state index contributed by atoms with van der Waals surface area (Å²) in [4.78, 5) is 13.5. The summed E-state index contributed by atoms with van der Waals surface area (Å²) in [6.07, 6.45) is 3.87. The van der Waals surface area contributed by atoms with Crippen LogP contribution in [0.5, 0.6) is 0 Å². The standard InChI is InChI=1S/C8H15NO/c1-4-5-7(2)8(3)9-6-10/h7-8H,4-5H2,1-3H3. The van der Waals surface area contributed by atoms with Gasteiger partial charge in [-0.05, 0) is 19.3 Å². The SMILES string of the molecule is CCCC(C)C(C)N=C=O. The van der Waals surface area contributed by atoms with Crippen molar-refractivity contribution in [1.82, 2.24) is 0 Å². The molecule has 0 fully saturated rings. The molecule has 58 valence electrons. The fourth-order valence-electron chi connectivity index (χ4n) is 0.907. The molecule has 0 aliphatic rings. The van der Waals surface area contributed by atoms with E-state index in [1.54, 1.807) is 6.08 Å². The van der Waals surface area contributed by atoms with E-state index in [-0.39, 0.29) is 6.04 Å². The van der Waals surface area contributed by atoms with E-state index in [0.29, 0.717) is 5.92 Å². The largest absolute Gasteiger partial charge is 0.235 e. The third-order valence-corrected chi connectivity index (χ3v) is 1.82. The predicted molar refractivity (Wildman–Crippen MR) is 41.7 cm³/mol. The monoisotopic (exact) mass is 141 g/mol. The molecule has 0 aromatic carbocycles. The first-order valence-electron chi connectivity index (χ1n) is 3.79. The van der Waals surface area contributed by atoms with Crippen LogP contribution >= 0.6 is 0 Å². The maximum Gasteiger partial charge on any atom is 0.235 e. The van der Waals surface area contributed by atoms with Crippen molar-refractivity contribution in [3.63, 3.8) is 0 Å². The van der Waals surface area contributed by atoms with Gasteiger partial charge in [-0.3, -0.25) is 0 Å². The number of aliphatic imine (C=N–C) groups is 1. The van der Waals surface area contributed by atoms with Gasteiger partial charge in [0.25, 0.3) is 0 Å². The summed E-state index contributed by atoms with van der Waals surface area (Å²) in [5, 5.41) is 0. The van der Waals surface area contributed by atoms with E-state index in [1.807, 2.05) is 6.92 Å². The Balaban J connectivity index is 3.69. The van der Waals surface area contributed by atoms with Crippen molar-refractivity contribution in [2.75, 3.05) is 0 Å². The highest BCUT2D eigenvalue weighted by atomic mass is 16.1. The Morgan fingerprint density at radius 1 is 1.50 bits per heavy atom. The predicted octanol–water partition coefficient (Wildman–Crippen LogP) is 2.15. The van der Waals surface area contributed by atoms with Gasteiger partial charge in [-0.2, -0.15) is 0 Å². The normalized spacial score (nSPS) is 15.5. The van der Waals surface area contributed by atoms with Crippen LogP contribution in [-0.2, 0) is 4.79 Å². The summed E-state index contributed by atoms with van der Waals surface area (Å²) in [6.45, 7) is 6.19. The first-order chi connectivity index (χ1) is 4.72. The summed E-state index contributed by atoms with van der Waals surface area (Å²) < 4.78 is 0. The van der Waals surface area contributed by atoms with E-state index in [9.17, 15) is 4.79 Å². The minimum absolute atomic E-state index is 0.137. The van der Waals surface area contributed by atoms with Crippen molar-refractivity contribution >= 4 is 6.08 Å². The fraction of sp³-hybridized carbons (Fsp3) is 0.875. The zero-order chi connectivity index (χ0) is 7.98. The molecule has 2 nitrogen and oxygen atoms in total.